The number of halogens is 1. The molecule has 0 unspecified atom stereocenters. The van der Waals surface area contributed by atoms with Crippen LogP contribution in [0.1, 0.15) is 24.2 Å². The van der Waals surface area contributed by atoms with E-state index >= 15 is 0 Å². The van der Waals surface area contributed by atoms with Gasteiger partial charge in [-0.3, -0.25) is 5.41 Å². The van der Waals surface area contributed by atoms with Crippen LogP contribution in [0.2, 0.25) is 5.02 Å². The molecular weight excluding hydrogens is 304 g/mol. The third-order valence-electron chi connectivity index (χ3n) is 3.48. The number of ether oxygens (including phenoxy) is 1. The summed E-state index contributed by atoms with van der Waals surface area (Å²) < 4.78 is 10.2. The molecule has 2 aromatic rings. The number of aliphatic imine (C=N–C) groups is 1. The molecule has 0 amide bonds. The average molecular weight is 317 g/mol. The molecule has 0 saturated carbocycles. The lowest BCUT2D eigenvalue weighted by Gasteiger charge is -2.11. The predicted molar refractivity (Wildman–Crippen MR) is 83.5 cm³/mol. The molecule has 1 aliphatic heterocycles. The van der Waals surface area contributed by atoms with Crippen LogP contribution in [-0.2, 0) is 9.53 Å². The van der Waals surface area contributed by atoms with Gasteiger partial charge >= 0.3 is 5.97 Å². The van der Waals surface area contributed by atoms with Crippen molar-refractivity contribution >= 4 is 34.7 Å². The summed E-state index contributed by atoms with van der Waals surface area (Å²) in [6.07, 6.45) is 1.58. The third kappa shape index (κ3) is 2.67. The van der Waals surface area contributed by atoms with Gasteiger partial charge in [0.1, 0.15) is 18.1 Å². The number of hydrogen-bond acceptors (Lipinski definition) is 5. The fourth-order valence-electron chi connectivity index (χ4n) is 2.33. The summed E-state index contributed by atoms with van der Waals surface area (Å²) in [4.78, 5) is 16.0. The third-order valence-corrected chi connectivity index (χ3v) is 3.72. The van der Waals surface area contributed by atoms with Crippen molar-refractivity contribution in [1.29, 1.82) is 5.41 Å². The van der Waals surface area contributed by atoms with Crippen LogP contribution in [0.15, 0.2) is 46.0 Å². The SMILES string of the molecule is CC(=Nc1ccc(Cl)cc1[C@@H]1COC(=O)C1=N)c1ccco1. The predicted octanol–water partition coefficient (Wildman–Crippen LogP) is 3.73. The number of benzene rings is 1. The van der Waals surface area contributed by atoms with Gasteiger partial charge in [-0.05, 0) is 42.8 Å². The molecule has 0 radical (unpaired) electrons. The van der Waals surface area contributed by atoms with E-state index in [9.17, 15) is 4.79 Å². The van der Waals surface area contributed by atoms with Crippen LogP contribution in [0.25, 0.3) is 0 Å². The largest absolute Gasteiger partial charge is 0.463 e. The van der Waals surface area contributed by atoms with Crippen LogP contribution >= 0.6 is 11.6 Å². The smallest absolute Gasteiger partial charge is 0.352 e. The van der Waals surface area contributed by atoms with Gasteiger partial charge in [0.2, 0.25) is 0 Å². The van der Waals surface area contributed by atoms with Crippen molar-refractivity contribution in [3.63, 3.8) is 0 Å². The summed E-state index contributed by atoms with van der Waals surface area (Å²) in [6, 6.07) is 8.81. The van der Waals surface area contributed by atoms with Gasteiger partial charge in [-0.2, -0.15) is 0 Å². The second kappa shape index (κ2) is 5.77. The Morgan fingerprint density at radius 3 is 2.86 bits per heavy atom. The van der Waals surface area contributed by atoms with E-state index in [2.05, 4.69) is 4.99 Å². The number of furan rings is 1. The van der Waals surface area contributed by atoms with Crippen molar-refractivity contribution in [1.82, 2.24) is 0 Å². The topological polar surface area (TPSA) is 75.7 Å². The first-order valence-electron chi connectivity index (χ1n) is 6.70. The monoisotopic (exact) mass is 316 g/mol. The lowest BCUT2D eigenvalue weighted by atomic mass is 9.95. The summed E-state index contributed by atoms with van der Waals surface area (Å²) in [6.45, 7) is 1.97. The van der Waals surface area contributed by atoms with Crippen LogP contribution in [-0.4, -0.2) is 24.0 Å². The Bertz CT molecular complexity index is 766. The van der Waals surface area contributed by atoms with E-state index in [1.807, 2.05) is 13.0 Å². The highest BCUT2D eigenvalue weighted by molar-refractivity contribution is 6.39. The van der Waals surface area contributed by atoms with Gasteiger partial charge in [-0.1, -0.05) is 11.6 Å². The van der Waals surface area contributed by atoms with E-state index in [1.165, 1.54) is 0 Å². The summed E-state index contributed by atoms with van der Waals surface area (Å²) in [5.74, 6) is -0.383. The molecular formula is C16H13ClN2O3. The lowest BCUT2D eigenvalue weighted by molar-refractivity contribution is -0.132. The van der Waals surface area contributed by atoms with Crippen LogP contribution in [0.5, 0.6) is 0 Å². The number of cyclic esters (lactones) is 1. The number of hydrogen-bond donors (Lipinski definition) is 1. The highest BCUT2D eigenvalue weighted by Gasteiger charge is 2.33. The van der Waals surface area contributed by atoms with Gasteiger partial charge in [0.15, 0.2) is 0 Å². The van der Waals surface area contributed by atoms with E-state index in [0.29, 0.717) is 27.7 Å². The van der Waals surface area contributed by atoms with Crippen molar-refractivity contribution in [2.45, 2.75) is 12.8 Å². The van der Waals surface area contributed by atoms with Crippen molar-refractivity contribution in [2.24, 2.45) is 4.99 Å². The number of esters is 1. The van der Waals surface area contributed by atoms with Crippen LogP contribution < -0.4 is 0 Å². The molecule has 2 heterocycles. The summed E-state index contributed by atoms with van der Waals surface area (Å²) in [5, 5.41) is 8.38. The Morgan fingerprint density at radius 1 is 1.41 bits per heavy atom. The molecule has 22 heavy (non-hydrogen) atoms. The zero-order valence-electron chi connectivity index (χ0n) is 11.8. The molecule has 1 aromatic heterocycles. The van der Waals surface area contributed by atoms with Crippen molar-refractivity contribution < 1.29 is 13.9 Å². The maximum Gasteiger partial charge on any atom is 0.352 e. The Balaban J connectivity index is 2.04. The Kier molecular flexibility index (Phi) is 3.81. The summed E-state index contributed by atoms with van der Waals surface area (Å²) in [5.41, 5.74) is 1.97. The zero-order valence-corrected chi connectivity index (χ0v) is 12.6. The highest BCUT2D eigenvalue weighted by atomic mass is 35.5. The average Bonchev–Trinajstić information content (AvgIpc) is 3.13. The Labute approximate surface area is 132 Å². The second-order valence-corrected chi connectivity index (χ2v) is 5.38. The molecule has 1 saturated heterocycles. The molecule has 1 fully saturated rings. The minimum absolute atomic E-state index is 0.0747. The van der Waals surface area contributed by atoms with E-state index in [0.717, 1.165) is 0 Å². The van der Waals surface area contributed by atoms with Gasteiger partial charge < -0.3 is 9.15 Å². The minimum atomic E-state index is -0.595. The fourth-order valence-corrected chi connectivity index (χ4v) is 2.51. The van der Waals surface area contributed by atoms with Crippen LogP contribution in [0, 0.1) is 5.41 Å². The second-order valence-electron chi connectivity index (χ2n) is 4.94. The number of nitrogens with zero attached hydrogens (tertiary/aromatic N) is 1. The van der Waals surface area contributed by atoms with Gasteiger partial charge in [-0.15, -0.1) is 0 Å². The van der Waals surface area contributed by atoms with E-state index < -0.39 is 11.9 Å². The minimum Gasteiger partial charge on any atom is -0.463 e. The zero-order chi connectivity index (χ0) is 15.7. The van der Waals surface area contributed by atoms with Crippen molar-refractivity contribution in [3.8, 4) is 0 Å². The summed E-state index contributed by atoms with van der Waals surface area (Å²) in [7, 11) is 0. The molecule has 1 atom stereocenters. The van der Waals surface area contributed by atoms with Gasteiger partial charge in [0.05, 0.1) is 23.6 Å². The molecule has 6 heteroatoms. The molecule has 0 bridgehead atoms. The standard InChI is InChI=1S/C16H13ClN2O3/c1-9(14-3-2-6-21-14)19-13-5-4-10(17)7-11(13)12-8-22-16(20)15(12)18/h2-7,12,18H,8H2,1H3/t12-/m0/s1. The molecule has 1 aromatic carbocycles. The van der Waals surface area contributed by atoms with Gasteiger partial charge in [0.25, 0.3) is 0 Å². The van der Waals surface area contributed by atoms with Gasteiger partial charge in [-0.25, -0.2) is 9.79 Å². The first-order valence-corrected chi connectivity index (χ1v) is 7.08. The van der Waals surface area contributed by atoms with Gasteiger partial charge in [0, 0.05) is 5.02 Å². The van der Waals surface area contributed by atoms with Crippen LogP contribution in [0.4, 0.5) is 5.69 Å². The first-order chi connectivity index (χ1) is 10.6. The van der Waals surface area contributed by atoms with Crippen molar-refractivity contribution in [2.75, 3.05) is 6.61 Å². The number of nitrogens with one attached hydrogen (secondary N) is 1. The quantitative estimate of drug-likeness (QED) is 0.692. The molecule has 1 aliphatic rings. The first kappa shape index (κ1) is 14.5. The molecule has 1 N–H and O–H groups in total. The molecule has 0 aliphatic carbocycles. The Hall–Kier alpha value is -2.40. The molecule has 112 valence electrons. The number of carbonyl (C=O) groups excluding carboxylic acids is 1. The van der Waals surface area contributed by atoms with Crippen LogP contribution in [0.3, 0.4) is 0 Å². The van der Waals surface area contributed by atoms with Crippen molar-refractivity contribution in [3.05, 3.63) is 52.9 Å². The lowest BCUT2D eigenvalue weighted by Crippen LogP contribution is -2.12. The number of carbonyl (C=O) groups is 1. The Morgan fingerprint density at radius 2 is 2.23 bits per heavy atom. The highest BCUT2D eigenvalue weighted by Crippen LogP contribution is 2.34. The summed E-state index contributed by atoms with van der Waals surface area (Å²) >= 11 is 6.05. The molecule has 0 spiro atoms. The fraction of sp³-hybridized carbons (Fsp3) is 0.188. The number of rotatable bonds is 3. The van der Waals surface area contributed by atoms with E-state index in [1.54, 1.807) is 30.5 Å². The van der Waals surface area contributed by atoms with E-state index in [4.69, 9.17) is 26.2 Å². The maximum atomic E-state index is 11.4. The maximum absolute atomic E-state index is 11.4. The molecule has 5 nitrogen and oxygen atoms in total. The van der Waals surface area contributed by atoms with E-state index in [-0.39, 0.29) is 12.3 Å². The molecule has 3 rings (SSSR count). The normalized spacial score (nSPS) is 18.6.